The zero-order chi connectivity index (χ0) is 11.5. The number of aryl methyl sites for hydroxylation is 1. The van der Waals surface area contributed by atoms with E-state index in [0.717, 1.165) is 0 Å². The molecule has 7 heteroatoms. The van der Waals surface area contributed by atoms with Crippen LogP contribution in [0.5, 0.6) is 0 Å². The van der Waals surface area contributed by atoms with E-state index in [1.165, 1.54) is 12.4 Å². The van der Waals surface area contributed by atoms with Gasteiger partial charge in [-0.15, -0.1) is 10.2 Å². The van der Waals surface area contributed by atoms with E-state index in [2.05, 4.69) is 20.2 Å². The Morgan fingerprint density at radius 1 is 1.38 bits per heavy atom. The maximum atomic E-state index is 11.1. The van der Waals surface area contributed by atoms with E-state index < -0.39 is 5.91 Å². The van der Waals surface area contributed by atoms with Crippen LogP contribution in [0.1, 0.15) is 28.0 Å². The smallest absolute Gasteiger partial charge is 0.269 e. The Balaban J connectivity index is 2.31. The number of amides is 1. The van der Waals surface area contributed by atoms with Crippen LogP contribution >= 0.6 is 0 Å². The summed E-state index contributed by atoms with van der Waals surface area (Å²) in [5.41, 5.74) is 5.72. The van der Waals surface area contributed by atoms with Crippen LogP contribution in [0.4, 0.5) is 0 Å². The van der Waals surface area contributed by atoms with E-state index in [9.17, 15) is 4.79 Å². The summed E-state index contributed by atoms with van der Waals surface area (Å²) >= 11 is 0. The minimum Gasteiger partial charge on any atom is -0.425 e. The number of nitrogens with two attached hydrogens (primary N) is 1. The molecule has 0 saturated heterocycles. The van der Waals surface area contributed by atoms with Crippen LogP contribution in [0.2, 0.25) is 0 Å². The Hall–Kier alpha value is -2.31. The number of carbonyl (C=O) groups is 1. The molecule has 0 aliphatic rings. The van der Waals surface area contributed by atoms with Gasteiger partial charge < -0.3 is 10.2 Å². The highest BCUT2D eigenvalue weighted by Crippen LogP contribution is 2.08. The van der Waals surface area contributed by atoms with Crippen molar-refractivity contribution in [1.29, 1.82) is 0 Å². The summed E-state index contributed by atoms with van der Waals surface area (Å²) in [6.45, 7) is 1.68. The molecular formula is C9H9N5O2. The standard InChI is InChI=1S/C9H9N5O2/c1-5-13-14-7(16-5)4-6-8(9(10)15)12-3-2-11-6/h2-3H,4H2,1H3,(H2,10,15). The molecule has 0 aromatic carbocycles. The number of primary amides is 1. The van der Waals surface area contributed by atoms with Gasteiger partial charge in [0.15, 0.2) is 0 Å². The lowest BCUT2D eigenvalue weighted by atomic mass is 10.2. The van der Waals surface area contributed by atoms with Crippen molar-refractivity contribution in [3.05, 3.63) is 35.6 Å². The van der Waals surface area contributed by atoms with Crippen molar-refractivity contribution in [1.82, 2.24) is 20.2 Å². The summed E-state index contributed by atoms with van der Waals surface area (Å²) in [6, 6.07) is 0. The molecule has 2 N–H and O–H groups in total. The fraction of sp³-hybridized carbons (Fsp3) is 0.222. The topological polar surface area (TPSA) is 108 Å². The Bertz CT molecular complexity index is 522. The highest BCUT2D eigenvalue weighted by molar-refractivity contribution is 5.91. The molecule has 7 nitrogen and oxygen atoms in total. The average Bonchev–Trinajstić information content (AvgIpc) is 2.64. The molecule has 2 heterocycles. The van der Waals surface area contributed by atoms with Crippen LogP contribution in [0.25, 0.3) is 0 Å². The van der Waals surface area contributed by atoms with Gasteiger partial charge in [0.1, 0.15) is 5.69 Å². The predicted octanol–water partition coefficient (Wildman–Crippen LogP) is -0.142. The van der Waals surface area contributed by atoms with Crippen molar-refractivity contribution in [2.75, 3.05) is 0 Å². The van der Waals surface area contributed by atoms with Gasteiger partial charge in [-0.2, -0.15) is 0 Å². The summed E-state index contributed by atoms with van der Waals surface area (Å²) in [5.74, 6) is 0.208. The highest BCUT2D eigenvalue weighted by atomic mass is 16.4. The van der Waals surface area contributed by atoms with Crippen molar-refractivity contribution in [3.63, 3.8) is 0 Å². The van der Waals surface area contributed by atoms with Gasteiger partial charge in [-0.1, -0.05) is 0 Å². The molecule has 82 valence electrons. The number of hydrogen-bond donors (Lipinski definition) is 1. The molecule has 2 rings (SSSR count). The molecule has 0 unspecified atom stereocenters. The average molecular weight is 219 g/mol. The van der Waals surface area contributed by atoms with E-state index in [1.807, 2.05) is 0 Å². The maximum absolute atomic E-state index is 11.1. The van der Waals surface area contributed by atoms with Crippen molar-refractivity contribution in [3.8, 4) is 0 Å². The third kappa shape index (κ3) is 2.02. The minimum absolute atomic E-state index is 0.123. The molecule has 0 aliphatic carbocycles. The quantitative estimate of drug-likeness (QED) is 0.769. The SMILES string of the molecule is Cc1nnc(Cc2nccnc2C(N)=O)o1. The summed E-state index contributed by atoms with van der Waals surface area (Å²) in [4.78, 5) is 18.9. The van der Waals surface area contributed by atoms with E-state index in [4.69, 9.17) is 10.2 Å². The number of aromatic nitrogens is 4. The van der Waals surface area contributed by atoms with Gasteiger partial charge in [-0.3, -0.25) is 9.78 Å². The third-order valence-corrected chi connectivity index (χ3v) is 1.89. The molecule has 2 aromatic rings. The molecular weight excluding hydrogens is 210 g/mol. The largest absolute Gasteiger partial charge is 0.425 e. The Morgan fingerprint density at radius 2 is 2.12 bits per heavy atom. The maximum Gasteiger partial charge on any atom is 0.269 e. The second kappa shape index (κ2) is 4.05. The predicted molar refractivity (Wildman–Crippen MR) is 52.4 cm³/mol. The van der Waals surface area contributed by atoms with E-state index >= 15 is 0 Å². The van der Waals surface area contributed by atoms with Crippen molar-refractivity contribution in [2.24, 2.45) is 5.73 Å². The molecule has 0 radical (unpaired) electrons. The van der Waals surface area contributed by atoms with Crippen molar-refractivity contribution in [2.45, 2.75) is 13.3 Å². The lowest BCUT2D eigenvalue weighted by Gasteiger charge is -2.00. The molecule has 1 amide bonds. The van der Waals surface area contributed by atoms with E-state index in [-0.39, 0.29) is 12.1 Å². The fourth-order valence-electron chi connectivity index (χ4n) is 1.25. The van der Waals surface area contributed by atoms with Crippen LogP contribution in [0.15, 0.2) is 16.8 Å². The minimum atomic E-state index is -0.626. The summed E-state index contributed by atoms with van der Waals surface area (Å²) in [6.07, 6.45) is 3.13. The van der Waals surface area contributed by atoms with Gasteiger partial charge in [-0.25, -0.2) is 4.98 Å². The van der Waals surface area contributed by atoms with Gasteiger partial charge >= 0.3 is 0 Å². The molecule has 2 aromatic heterocycles. The molecule has 0 bridgehead atoms. The Kier molecular flexibility index (Phi) is 2.59. The summed E-state index contributed by atoms with van der Waals surface area (Å²) in [7, 11) is 0. The van der Waals surface area contributed by atoms with Gasteiger partial charge in [0.2, 0.25) is 11.8 Å². The molecule has 0 fully saturated rings. The van der Waals surface area contributed by atoms with Crippen LogP contribution in [-0.2, 0) is 6.42 Å². The monoisotopic (exact) mass is 219 g/mol. The van der Waals surface area contributed by atoms with Gasteiger partial charge in [-0.05, 0) is 0 Å². The highest BCUT2D eigenvalue weighted by Gasteiger charge is 2.13. The first kappa shape index (κ1) is 10.2. The first-order valence-corrected chi connectivity index (χ1v) is 4.55. The summed E-state index contributed by atoms with van der Waals surface area (Å²) in [5, 5.41) is 7.48. The van der Waals surface area contributed by atoms with Crippen molar-refractivity contribution >= 4 is 5.91 Å². The Morgan fingerprint density at radius 3 is 2.75 bits per heavy atom. The van der Waals surface area contributed by atoms with Crippen LogP contribution < -0.4 is 5.73 Å². The van der Waals surface area contributed by atoms with Crippen molar-refractivity contribution < 1.29 is 9.21 Å². The first-order valence-electron chi connectivity index (χ1n) is 4.55. The lowest BCUT2D eigenvalue weighted by molar-refractivity contribution is 0.0994. The second-order valence-corrected chi connectivity index (χ2v) is 3.11. The van der Waals surface area contributed by atoms with E-state index in [0.29, 0.717) is 17.5 Å². The molecule has 16 heavy (non-hydrogen) atoms. The normalized spacial score (nSPS) is 10.3. The first-order chi connectivity index (χ1) is 7.66. The van der Waals surface area contributed by atoms with Crippen LogP contribution in [0.3, 0.4) is 0 Å². The van der Waals surface area contributed by atoms with Crippen LogP contribution in [0, 0.1) is 6.92 Å². The van der Waals surface area contributed by atoms with Gasteiger partial charge in [0, 0.05) is 19.3 Å². The second-order valence-electron chi connectivity index (χ2n) is 3.11. The number of hydrogen-bond acceptors (Lipinski definition) is 6. The molecule has 0 spiro atoms. The van der Waals surface area contributed by atoms with Gasteiger partial charge in [0.25, 0.3) is 5.91 Å². The zero-order valence-corrected chi connectivity index (χ0v) is 8.54. The number of nitrogens with zero attached hydrogens (tertiary/aromatic N) is 4. The van der Waals surface area contributed by atoms with E-state index in [1.54, 1.807) is 6.92 Å². The lowest BCUT2D eigenvalue weighted by Crippen LogP contribution is -2.17. The molecule has 0 saturated carbocycles. The molecule has 0 atom stereocenters. The van der Waals surface area contributed by atoms with Crippen LogP contribution in [-0.4, -0.2) is 26.1 Å². The third-order valence-electron chi connectivity index (χ3n) is 1.89. The zero-order valence-electron chi connectivity index (χ0n) is 8.54. The molecule has 0 aliphatic heterocycles. The Labute approximate surface area is 90.7 Å². The number of rotatable bonds is 3. The number of carbonyl (C=O) groups excluding carboxylic acids is 1. The summed E-state index contributed by atoms with van der Waals surface area (Å²) < 4.78 is 5.18. The fourth-order valence-corrected chi connectivity index (χ4v) is 1.25. The van der Waals surface area contributed by atoms with Gasteiger partial charge in [0.05, 0.1) is 12.1 Å².